The Bertz CT molecular complexity index is 601. The summed E-state index contributed by atoms with van der Waals surface area (Å²) in [5, 5.41) is 1.16. The van der Waals surface area contributed by atoms with Gasteiger partial charge in [-0.2, -0.15) is 0 Å². The van der Waals surface area contributed by atoms with Gasteiger partial charge in [-0.1, -0.05) is 35.3 Å². The second-order valence-corrected chi connectivity index (χ2v) is 5.69. The second-order valence-electron chi connectivity index (χ2n) is 4.84. The third-order valence-electron chi connectivity index (χ3n) is 3.26. The average molecular weight is 324 g/mol. The summed E-state index contributed by atoms with van der Waals surface area (Å²) in [5.41, 5.74) is 2.47. The Hall–Kier alpha value is -1.38. The van der Waals surface area contributed by atoms with Crippen LogP contribution >= 0.6 is 23.2 Å². The molecule has 2 nitrogen and oxygen atoms in total. The quantitative estimate of drug-likeness (QED) is 0.723. The second kappa shape index (κ2) is 7.58. The molecule has 0 saturated carbocycles. The molecule has 0 aliphatic carbocycles. The van der Waals surface area contributed by atoms with E-state index in [0.29, 0.717) is 22.4 Å². The Balaban J connectivity index is 1.94. The van der Waals surface area contributed by atoms with Gasteiger partial charge in [0.15, 0.2) is 0 Å². The molecule has 0 aliphatic rings. The van der Waals surface area contributed by atoms with Crippen molar-refractivity contribution in [1.29, 1.82) is 0 Å². The monoisotopic (exact) mass is 323 g/mol. The van der Waals surface area contributed by atoms with Gasteiger partial charge >= 0.3 is 0 Å². The highest BCUT2D eigenvalue weighted by atomic mass is 35.5. The smallest absolute Gasteiger partial charge is 0.138 e. The lowest BCUT2D eigenvalue weighted by Crippen LogP contribution is -2.28. The van der Waals surface area contributed by atoms with Gasteiger partial charge in [-0.05, 0) is 49.7 Å². The standard InChI is InChI=1S/C17H19Cl2NO/c1-3-20(15-6-4-5-13(2)11-15)9-10-21-17-8-7-14(18)12-16(17)19/h4-8,11-12H,3,9-10H2,1-2H3. The summed E-state index contributed by atoms with van der Waals surface area (Å²) in [6.07, 6.45) is 0. The molecule has 0 atom stereocenters. The van der Waals surface area contributed by atoms with E-state index in [1.807, 2.05) is 0 Å². The molecule has 0 saturated heterocycles. The average Bonchev–Trinajstić information content (AvgIpc) is 2.45. The van der Waals surface area contributed by atoms with Gasteiger partial charge in [0.1, 0.15) is 12.4 Å². The zero-order valence-electron chi connectivity index (χ0n) is 12.3. The van der Waals surface area contributed by atoms with Crippen LogP contribution in [0.15, 0.2) is 42.5 Å². The number of nitrogens with zero attached hydrogens (tertiary/aromatic N) is 1. The molecule has 0 fully saturated rings. The molecule has 2 aromatic carbocycles. The third-order valence-corrected chi connectivity index (χ3v) is 3.79. The SMILES string of the molecule is CCN(CCOc1ccc(Cl)cc1Cl)c1cccc(C)c1. The highest BCUT2D eigenvalue weighted by molar-refractivity contribution is 6.35. The van der Waals surface area contributed by atoms with Crippen molar-refractivity contribution in [2.45, 2.75) is 13.8 Å². The number of hydrogen-bond donors (Lipinski definition) is 0. The van der Waals surface area contributed by atoms with E-state index in [4.69, 9.17) is 27.9 Å². The number of halogens is 2. The highest BCUT2D eigenvalue weighted by Gasteiger charge is 2.06. The molecule has 0 N–H and O–H groups in total. The van der Waals surface area contributed by atoms with E-state index in [1.165, 1.54) is 11.3 Å². The molecule has 0 heterocycles. The molecule has 0 bridgehead atoms. The van der Waals surface area contributed by atoms with Gasteiger partial charge < -0.3 is 9.64 Å². The van der Waals surface area contributed by atoms with Crippen molar-refractivity contribution in [3.8, 4) is 5.75 Å². The maximum absolute atomic E-state index is 6.09. The van der Waals surface area contributed by atoms with Crippen LogP contribution in [0.1, 0.15) is 12.5 Å². The summed E-state index contributed by atoms with van der Waals surface area (Å²) >= 11 is 12.0. The normalized spacial score (nSPS) is 10.5. The lowest BCUT2D eigenvalue weighted by molar-refractivity contribution is 0.324. The van der Waals surface area contributed by atoms with Crippen LogP contribution in [0.4, 0.5) is 5.69 Å². The number of ether oxygens (including phenoxy) is 1. The fourth-order valence-corrected chi connectivity index (χ4v) is 2.62. The first-order valence-corrected chi connectivity index (χ1v) is 7.75. The Morgan fingerprint density at radius 2 is 1.90 bits per heavy atom. The summed E-state index contributed by atoms with van der Waals surface area (Å²) in [6, 6.07) is 13.7. The third kappa shape index (κ3) is 4.55. The lowest BCUT2D eigenvalue weighted by Gasteiger charge is -2.23. The summed E-state index contributed by atoms with van der Waals surface area (Å²) < 4.78 is 5.74. The molecule has 2 rings (SSSR count). The maximum atomic E-state index is 6.09. The summed E-state index contributed by atoms with van der Waals surface area (Å²) in [4.78, 5) is 2.27. The fraction of sp³-hybridized carbons (Fsp3) is 0.294. The van der Waals surface area contributed by atoms with Gasteiger partial charge in [-0.25, -0.2) is 0 Å². The van der Waals surface area contributed by atoms with Gasteiger partial charge in [-0.3, -0.25) is 0 Å². The van der Waals surface area contributed by atoms with E-state index < -0.39 is 0 Å². The fourth-order valence-electron chi connectivity index (χ4n) is 2.15. The molecule has 0 aromatic heterocycles. The lowest BCUT2D eigenvalue weighted by atomic mass is 10.2. The van der Waals surface area contributed by atoms with Crippen molar-refractivity contribution >= 4 is 28.9 Å². The van der Waals surface area contributed by atoms with Crippen LogP contribution in [0, 0.1) is 6.92 Å². The minimum Gasteiger partial charge on any atom is -0.490 e. The zero-order chi connectivity index (χ0) is 15.2. The molecule has 0 aliphatic heterocycles. The Kier molecular flexibility index (Phi) is 5.77. The first-order chi connectivity index (χ1) is 10.1. The molecular formula is C17H19Cl2NO. The van der Waals surface area contributed by atoms with Gasteiger partial charge in [-0.15, -0.1) is 0 Å². The first-order valence-electron chi connectivity index (χ1n) is 6.99. The Labute approximate surface area is 136 Å². The van der Waals surface area contributed by atoms with E-state index in [9.17, 15) is 0 Å². The Morgan fingerprint density at radius 1 is 1.10 bits per heavy atom. The molecule has 0 radical (unpaired) electrons. The highest BCUT2D eigenvalue weighted by Crippen LogP contribution is 2.27. The number of rotatable bonds is 6. The molecule has 4 heteroatoms. The summed E-state index contributed by atoms with van der Waals surface area (Å²) in [7, 11) is 0. The largest absolute Gasteiger partial charge is 0.490 e. The predicted octanol–water partition coefficient (Wildman–Crippen LogP) is 5.21. The van der Waals surface area contributed by atoms with Gasteiger partial charge in [0.05, 0.1) is 11.6 Å². The molecule has 0 spiro atoms. The van der Waals surface area contributed by atoms with Crippen molar-refractivity contribution in [2.24, 2.45) is 0 Å². The minimum atomic E-state index is 0.543. The molecule has 21 heavy (non-hydrogen) atoms. The summed E-state index contributed by atoms with van der Waals surface area (Å²) in [6.45, 7) is 6.54. The van der Waals surface area contributed by atoms with E-state index in [2.05, 4.69) is 43.0 Å². The van der Waals surface area contributed by atoms with Crippen LogP contribution in [0.3, 0.4) is 0 Å². The number of hydrogen-bond acceptors (Lipinski definition) is 2. The van der Waals surface area contributed by atoms with E-state index >= 15 is 0 Å². The summed E-state index contributed by atoms with van der Waals surface area (Å²) in [5.74, 6) is 0.668. The van der Waals surface area contributed by atoms with E-state index in [-0.39, 0.29) is 0 Å². The van der Waals surface area contributed by atoms with Crippen LogP contribution in [-0.4, -0.2) is 19.7 Å². The molecule has 2 aromatic rings. The van der Waals surface area contributed by atoms with Crippen LogP contribution < -0.4 is 9.64 Å². The first kappa shape index (κ1) is 16.0. The number of anilines is 1. The van der Waals surface area contributed by atoms with Crippen molar-refractivity contribution in [3.63, 3.8) is 0 Å². The number of aryl methyl sites for hydroxylation is 1. The Morgan fingerprint density at radius 3 is 2.57 bits per heavy atom. The van der Waals surface area contributed by atoms with Crippen molar-refractivity contribution in [2.75, 3.05) is 24.6 Å². The van der Waals surface area contributed by atoms with Crippen molar-refractivity contribution in [3.05, 3.63) is 58.1 Å². The number of benzene rings is 2. The molecule has 0 unspecified atom stereocenters. The molecular weight excluding hydrogens is 305 g/mol. The van der Waals surface area contributed by atoms with Crippen LogP contribution in [0.5, 0.6) is 5.75 Å². The van der Waals surface area contributed by atoms with Gasteiger partial charge in [0.25, 0.3) is 0 Å². The van der Waals surface area contributed by atoms with Crippen molar-refractivity contribution in [1.82, 2.24) is 0 Å². The van der Waals surface area contributed by atoms with E-state index in [1.54, 1.807) is 18.2 Å². The van der Waals surface area contributed by atoms with Crippen LogP contribution in [-0.2, 0) is 0 Å². The van der Waals surface area contributed by atoms with E-state index in [0.717, 1.165) is 13.1 Å². The number of likely N-dealkylation sites (N-methyl/N-ethyl adjacent to an activating group) is 1. The van der Waals surface area contributed by atoms with Crippen molar-refractivity contribution < 1.29 is 4.74 Å². The maximum Gasteiger partial charge on any atom is 0.138 e. The topological polar surface area (TPSA) is 12.5 Å². The molecule has 0 amide bonds. The predicted molar refractivity (Wildman–Crippen MR) is 91.0 cm³/mol. The van der Waals surface area contributed by atoms with Gasteiger partial charge in [0, 0.05) is 17.3 Å². The minimum absolute atomic E-state index is 0.543. The molecule has 112 valence electrons. The van der Waals surface area contributed by atoms with Crippen LogP contribution in [0.2, 0.25) is 10.0 Å². The zero-order valence-corrected chi connectivity index (χ0v) is 13.8. The van der Waals surface area contributed by atoms with Gasteiger partial charge in [0.2, 0.25) is 0 Å². The van der Waals surface area contributed by atoms with Crippen LogP contribution in [0.25, 0.3) is 0 Å².